The Balaban J connectivity index is 1.96. The highest BCUT2D eigenvalue weighted by atomic mass is 16.4. The quantitative estimate of drug-likeness (QED) is 0.651. The number of hydrogen-bond acceptors (Lipinski definition) is 3. The normalized spacial score (nSPS) is 18.3. The van der Waals surface area contributed by atoms with Crippen LogP contribution in [0.1, 0.15) is 31.5 Å². The molecular formula is C25H23N3O2. The third kappa shape index (κ3) is 4.15. The first-order valence-electron chi connectivity index (χ1n) is 9.92. The summed E-state index contributed by atoms with van der Waals surface area (Å²) in [5, 5.41) is 12.6. The zero-order valence-electron chi connectivity index (χ0n) is 17.0. The monoisotopic (exact) mass is 397 g/mol. The van der Waals surface area contributed by atoms with Crippen LogP contribution >= 0.6 is 0 Å². The molecule has 30 heavy (non-hydrogen) atoms. The van der Waals surface area contributed by atoms with Crippen molar-refractivity contribution < 1.29 is 9.90 Å². The highest BCUT2D eigenvalue weighted by molar-refractivity contribution is 6.01. The molecule has 0 saturated carbocycles. The Morgan fingerprint density at radius 1 is 1.17 bits per heavy atom. The van der Waals surface area contributed by atoms with Crippen molar-refractivity contribution in [1.29, 1.82) is 0 Å². The molecule has 0 saturated heterocycles. The molecular weight excluding hydrogens is 374 g/mol. The largest absolute Gasteiger partial charge is 0.465 e. The number of pyridine rings is 2. The molecule has 0 radical (unpaired) electrons. The molecule has 0 spiro atoms. The Morgan fingerprint density at radius 3 is 2.87 bits per heavy atom. The van der Waals surface area contributed by atoms with Gasteiger partial charge in [-0.1, -0.05) is 67.2 Å². The summed E-state index contributed by atoms with van der Waals surface area (Å²) < 4.78 is 0. The molecule has 2 aliphatic carbocycles. The number of amides is 1. The van der Waals surface area contributed by atoms with Crippen molar-refractivity contribution >= 4 is 34.0 Å². The van der Waals surface area contributed by atoms with E-state index in [1.54, 1.807) is 12.3 Å². The van der Waals surface area contributed by atoms with Gasteiger partial charge in [-0.05, 0) is 42.5 Å². The number of nitrogens with zero attached hydrogens (tertiary/aromatic N) is 2. The van der Waals surface area contributed by atoms with Crippen LogP contribution in [0.3, 0.4) is 0 Å². The van der Waals surface area contributed by atoms with E-state index in [0.717, 1.165) is 34.2 Å². The van der Waals surface area contributed by atoms with E-state index in [9.17, 15) is 9.90 Å². The zero-order chi connectivity index (χ0) is 21.1. The van der Waals surface area contributed by atoms with E-state index in [2.05, 4.69) is 65.6 Å². The van der Waals surface area contributed by atoms with E-state index >= 15 is 0 Å². The maximum atomic E-state index is 11.3. The van der Waals surface area contributed by atoms with Crippen LogP contribution in [0.15, 0.2) is 78.6 Å². The second-order valence-corrected chi connectivity index (χ2v) is 7.51. The highest BCUT2D eigenvalue weighted by Crippen LogP contribution is 2.33. The van der Waals surface area contributed by atoms with E-state index in [4.69, 9.17) is 0 Å². The van der Waals surface area contributed by atoms with Gasteiger partial charge in [0.15, 0.2) is 0 Å². The first kappa shape index (κ1) is 19.6. The molecule has 4 rings (SSSR count). The minimum absolute atomic E-state index is 0.278. The number of carboxylic acid groups (broad SMARTS) is 1. The van der Waals surface area contributed by atoms with Gasteiger partial charge in [-0.25, -0.2) is 9.78 Å². The summed E-state index contributed by atoms with van der Waals surface area (Å²) in [5.41, 5.74) is 5.51. The number of nitrogens with one attached hydrogen (secondary N) is 1. The van der Waals surface area contributed by atoms with Gasteiger partial charge in [0, 0.05) is 17.2 Å². The lowest BCUT2D eigenvalue weighted by Gasteiger charge is -2.13. The molecule has 0 aliphatic heterocycles. The highest BCUT2D eigenvalue weighted by Gasteiger charge is 2.16. The summed E-state index contributed by atoms with van der Waals surface area (Å²) in [5.74, 6) is 0.610. The lowest BCUT2D eigenvalue weighted by Crippen LogP contribution is -2.10. The van der Waals surface area contributed by atoms with Crippen LogP contribution in [0, 0.1) is 5.92 Å². The minimum atomic E-state index is -1.15. The number of allylic oxidation sites excluding steroid dienone is 12. The smallest absolute Gasteiger partial charge is 0.410 e. The summed E-state index contributed by atoms with van der Waals surface area (Å²) in [7, 11) is 0. The molecule has 5 nitrogen and oxygen atoms in total. The molecule has 1 amide bonds. The van der Waals surface area contributed by atoms with Crippen molar-refractivity contribution in [2.45, 2.75) is 20.3 Å². The van der Waals surface area contributed by atoms with E-state index in [-0.39, 0.29) is 5.82 Å². The van der Waals surface area contributed by atoms with E-state index in [1.807, 2.05) is 24.3 Å². The molecule has 2 N–H and O–H groups in total. The second kappa shape index (κ2) is 8.33. The predicted molar refractivity (Wildman–Crippen MR) is 122 cm³/mol. The summed E-state index contributed by atoms with van der Waals surface area (Å²) in [6.07, 6.45) is 20.2. The van der Waals surface area contributed by atoms with Gasteiger partial charge in [-0.2, -0.15) is 0 Å². The molecule has 2 aromatic rings. The Bertz CT molecular complexity index is 1200. The van der Waals surface area contributed by atoms with Crippen LogP contribution in [0.4, 0.5) is 10.6 Å². The van der Waals surface area contributed by atoms with Crippen LogP contribution in [0.2, 0.25) is 0 Å². The Morgan fingerprint density at radius 2 is 2.03 bits per heavy atom. The van der Waals surface area contributed by atoms with Gasteiger partial charge >= 0.3 is 6.09 Å². The van der Waals surface area contributed by atoms with Gasteiger partial charge in [0.05, 0.1) is 11.2 Å². The Labute approximate surface area is 175 Å². The second-order valence-electron chi connectivity index (χ2n) is 7.51. The van der Waals surface area contributed by atoms with Crippen LogP contribution in [-0.4, -0.2) is 21.2 Å². The van der Waals surface area contributed by atoms with Gasteiger partial charge < -0.3 is 5.11 Å². The number of anilines is 1. The van der Waals surface area contributed by atoms with Gasteiger partial charge in [0.1, 0.15) is 5.82 Å². The standard InChI is InChI=1S/C25H23N3O2/c1-16-5-3-7-18(11-9-16)21-15-22(28-25(29)30)27-24-20(21)13-14-26-23(24)19-8-4-6-17(2)10-12-19/h3-4,6-15,17H,5H2,1-2H3,(H,27,28)(H,29,30). The SMILES string of the molecule is CC1=CC=C(c2cc(NC(=O)O)nc3c(C4=CC=CC(C)C=C4)nccc23)C=CC1. The average molecular weight is 397 g/mol. The van der Waals surface area contributed by atoms with Crippen LogP contribution < -0.4 is 5.32 Å². The fourth-order valence-electron chi connectivity index (χ4n) is 3.55. The molecule has 2 heterocycles. The van der Waals surface area contributed by atoms with Crippen molar-refractivity contribution in [1.82, 2.24) is 9.97 Å². The van der Waals surface area contributed by atoms with E-state index in [1.165, 1.54) is 5.57 Å². The lowest BCUT2D eigenvalue weighted by atomic mass is 9.98. The molecule has 0 fully saturated rings. The van der Waals surface area contributed by atoms with Crippen molar-refractivity contribution in [2.24, 2.45) is 5.92 Å². The molecule has 1 unspecified atom stereocenters. The van der Waals surface area contributed by atoms with Crippen molar-refractivity contribution in [2.75, 3.05) is 5.32 Å². The van der Waals surface area contributed by atoms with Gasteiger partial charge in [0.2, 0.25) is 0 Å². The van der Waals surface area contributed by atoms with Crippen LogP contribution in [-0.2, 0) is 0 Å². The Hall–Kier alpha value is -3.73. The van der Waals surface area contributed by atoms with Gasteiger partial charge in [0.25, 0.3) is 0 Å². The number of aromatic nitrogens is 2. The minimum Gasteiger partial charge on any atom is -0.465 e. The number of rotatable bonds is 3. The molecule has 0 bridgehead atoms. The summed E-state index contributed by atoms with van der Waals surface area (Å²) in [4.78, 5) is 20.5. The van der Waals surface area contributed by atoms with E-state index < -0.39 is 6.09 Å². The molecule has 0 aromatic carbocycles. The lowest BCUT2D eigenvalue weighted by molar-refractivity contribution is 0.209. The summed E-state index contributed by atoms with van der Waals surface area (Å²) in [6, 6.07) is 3.71. The predicted octanol–water partition coefficient (Wildman–Crippen LogP) is 6.15. The molecule has 2 aromatic heterocycles. The molecule has 150 valence electrons. The maximum absolute atomic E-state index is 11.3. The molecule has 5 heteroatoms. The fourth-order valence-corrected chi connectivity index (χ4v) is 3.55. The van der Waals surface area contributed by atoms with Crippen molar-refractivity contribution in [3.8, 4) is 0 Å². The summed E-state index contributed by atoms with van der Waals surface area (Å²) >= 11 is 0. The summed E-state index contributed by atoms with van der Waals surface area (Å²) in [6.45, 7) is 4.21. The molecule has 2 aliphatic rings. The van der Waals surface area contributed by atoms with Gasteiger partial charge in [-0.3, -0.25) is 10.3 Å². The Kier molecular flexibility index (Phi) is 5.44. The van der Waals surface area contributed by atoms with Gasteiger partial charge in [-0.15, -0.1) is 0 Å². The first-order valence-corrected chi connectivity index (χ1v) is 9.92. The van der Waals surface area contributed by atoms with Crippen molar-refractivity contribution in [3.05, 3.63) is 89.8 Å². The maximum Gasteiger partial charge on any atom is 0.410 e. The third-order valence-corrected chi connectivity index (χ3v) is 5.10. The third-order valence-electron chi connectivity index (χ3n) is 5.10. The topological polar surface area (TPSA) is 75.1 Å². The molecule has 1 atom stereocenters. The number of hydrogen-bond donors (Lipinski definition) is 2. The van der Waals surface area contributed by atoms with Crippen LogP contribution in [0.25, 0.3) is 22.0 Å². The number of fused-ring (bicyclic) bond motifs is 1. The zero-order valence-corrected chi connectivity index (χ0v) is 17.0. The van der Waals surface area contributed by atoms with Crippen LogP contribution in [0.5, 0.6) is 0 Å². The fraction of sp³-hybridized carbons (Fsp3) is 0.160. The van der Waals surface area contributed by atoms with E-state index in [0.29, 0.717) is 11.4 Å². The average Bonchev–Trinajstić information content (AvgIpc) is 3.06. The number of carbonyl (C=O) groups is 1. The first-order chi connectivity index (χ1) is 14.5. The van der Waals surface area contributed by atoms with Crippen molar-refractivity contribution in [3.63, 3.8) is 0 Å².